The van der Waals surface area contributed by atoms with E-state index in [0.29, 0.717) is 5.70 Å². The third-order valence-corrected chi connectivity index (χ3v) is 4.99. The highest BCUT2D eigenvalue weighted by molar-refractivity contribution is 5.98. The number of nitrogens with one attached hydrogen (secondary N) is 1. The van der Waals surface area contributed by atoms with Crippen LogP contribution in [0.5, 0.6) is 0 Å². The normalized spacial score (nSPS) is 14.9. The molecular weight excluding hydrogens is 398 g/mol. The second-order valence-corrected chi connectivity index (χ2v) is 7.85. The zero-order valence-corrected chi connectivity index (χ0v) is 20.2. The number of aliphatic imine (C=N–C) groups is 1. The highest BCUT2D eigenvalue weighted by atomic mass is 16.1. The van der Waals surface area contributed by atoms with Gasteiger partial charge in [0.1, 0.15) is 0 Å². The highest BCUT2D eigenvalue weighted by Gasteiger charge is 2.24. The van der Waals surface area contributed by atoms with E-state index in [4.69, 9.17) is 5.73 Å². The van der Waals surface area contributed by atoms with Crippen molar-refractivity contribution in [1.29, 1.82) is 0 Å². The van der Waals surface area contributed by atoms with Gasteiger partial charge in [-0.3, -0.25) is 9.56 Å². The van der Waals surface area contributed by atoms with Crippen molar-refractivity contribution in [2.24, 2.45) is 10.7 Å². The van der Waals surface area contributed by atoms with Gasteiger partial charge in [-0.15, -0.1) is 0 Å². The molecule has 1 aromatic heterocycles. The second kappa shape index (κ2) is 15.1. The Morgan fingerprint density at radius 3 is 2.22 bits per heavy atom. The first-order valence-electron chi connectivity index (χ1n) is 11.4. The van der Waals surface area contributed by atoms with Crippen molar-refractivity contribution in [3.63, 3.8) is 0 Å². The third kappa shape index (κ3) is 7.74. The summed E-state index contributed by atoms with van der Waals surface area (Å²) >= 11 is 0. The van der Waals surface area contributed by atoms with Crippen LogP contribution in [0.4, 0.5) is 0 Å². The number of fused-ring (bicyclic) bond motifs is 1. The lowest BCUT2D eigenvalue weighted by Gasteiger charge is -2.35. The number of aromatic amines is 1. The molecule has 1 fully saturated rings. The summed E-state index contributed by atoms with van der Waals surface area (Å²) < 4.78 is 1.90. The minimum Gasteiger partial charge on any atom is -0.396 e. The van der Waals surface area contributed by atoms with Crippen LogP contribution in [0.3, 0.4) is 0 Å². The minimum absolute atomic E-state index is 0. The number of benzene rings is 1. The van der Waals surface area contributed by atoms with Crippen LogP contribution in [0.1, 0.15) is 80.7 Å². The summed E-state index contributed by atoms with van der Waals surface area (Å²) in [4.78, 5) is 21.7. The molecule has 2 aromatic rings. The molecule has 3 N–H and O–H groups in total. The average molecular weight is 444 g/mol. The number of aromatic nitrogens is 2. The highest BCUT2D eigenvalue weighted by Crippen LogP contribution is 2.26. The summed E-state index contributed by atoms with van der Waals surface area (Å²) in [5.74, 6) is 0. The number of piperidine rings is 1. The summed E-state index contributed by atoms with van der Waals surface area (Å²) in [5.41, 5.74) is 10.6. The number of hydrogen-bond acceptors (Lipinski definition) is 4. The van der Waals surface area contributed by atoms with Crippen molar-refractivity contribution >= 4 is 16.7 Å². The number of H-pyrrole nitrogens is 1. The number of rotatable bonds is 4. The summed E-state index contributed by atoms with van der Waals surface area (Å²) in [5, 5.41) is 0. The first kappa shape index (κ1) is 29.2. The lowest BCUT2D eigenvalue weighted by molar-refractivity contribution is 0.227. The number of imidazole rings is 1. The number of hydrogen-bond donors (Lipinski definition) is 2. The predicted molar refractivity (Wildman–Crippen MR) is 141 cm³/mol. The van der Waals surface area contributed by atoms with E-state index in [9.17, 15) is 4.79 Å². The monoisotopic (exact) mass is 443 g/mol. The molecule has 0 aliphatic carbocycles. The molecule has 1 saturated heterocycles. The molecule has 1 aromatic carbocycles. The Morgan fingerprint density at radius 2 is 1.69 bits per heavy atom. The van der Waals surface area contributed by atoms with Gasteiger partial charge in [0, 0.05) is 31.0 Å². The van der Waals surface area contributed by atoms with Crippen LogP contribution < -0.4 is 11.4 Å². The van der Waals surface area contributed by atoms with Gasteiger partial charge in [0.05, 0.1) is 22.4 Å². The van der Waals surface area contributed by atoms with Crippen molar-refractivity contribution in [2.75, 3.05) is 13.1 Å². The first-order chi connectivity index (χ1) is 14.9. The maximum absolute atomic E-state index is 12.4. The van der Waals surface area contributed by atoms with Gasteiger partial charge in [0.2, 0.25) is 0 Å². The van der Waals surface area contributed by atoms with Crippen LogP contribution in [0.2, 0.25) is 0 Å². The van der Waals surface area contributed by atoms with Crippen molar-refractivity contribution in [2.45, 2.75) is 80.7 Å². The van der Waals surface area contributed by atoms with Crippen molar-refractivity contribution in [1.82, 2.24) is 14.5 Å². The Balaban J connectivity index is 0.00000124. The summed E-state index contributed by atoms with van der Waals surface area (Å²) in [6.07, 6.45) is 5.82. The molecule has 3 rings (SSSR count). The molecular formula is C26H45N5O. The summed E-state index contributed by atoms with van der Waals surface area (Å²) in [6.45, 7) is 17.8. The Bertz CT molecular complexity index is 925. The molecule has 180 valence electrons. The number of allylic oxidation sites excluding steroid dienone is 2. The average Bonchev–Trinajstić information content (AvgIpc) is 3.10. The SMILES string of the molecule is C.C=CN=C(C)/C(N)=C(\C)N1CCC(n2c(=O)[nH]c3ccccc32)CC1.CCC.CCC. The van der Waals surface area contributed by atoms with Crippen LogP contribution in [0, 0.1) is 0 Å². The van der Waals surface area contributed by atoms with Crippen LogP contribution in [-0.4, -0.2) is 33.3 Å². The van der Waals surface area contributed by atoms with Gasteiger partial charge in [-0.2, -0.15) is 0 Å². The molecule has 6 heteroatoms. The number of likely N-dealkylation sites (tertiary alicyclic amines) is 1. The van der Waals surface area contributed by atoms with E-state index in [0.717, 1.165) is 48.4 Å². The van der Waals surface area contributed by atoms with E-state index >= 15 is 0 Å². The van der Waals surface area contributed by atoms with Gasteiger partial charge in [0.15, 0.2) is 0 Å². The van der Waals surface area contributed by atoms with Crippen LogP contribution >= 0.6 is 0 Å². The summed E-state index contributed by atoms with van der Waals surface area (Å²) in [7, 11) is 0. The molecule has 0 radical (unpaired) electrons. The van der Waals surface area contributed by atoms with Gasteiger partial charge >= 0.3 is 5.69 Å². The topological polar surface area (TPSA) is 79.4 Å². The Kier molecular flexibility index (Phi) is 13.8. The molecule has 0 amide bonds. The minimum atomic E-state index is -0.0274. The van der Waals surface area contributed by atoms with Crippen LogP contribution in [-0.2, 0) is 0 Å². The van der Waals surface area contributed by atoms with E-state index in [-0.39, 0.29) is 19.2 Å². The van der Waals surface area contributed by atoms with E-state index in [1.807, 2.05) is 42.7 Å². The second-order valence-electron chi connectivity index (χ2n) is 7.85. The maximum Gasteiger partial charge on any atom is 0.326 e. The largest absolute Gasteiger partial charge is 0.396 e. The summed E-state index contributed by atoms with van der Waals surface area (Å²) in [6, 6.07) is 8.05. The van der Waals surface area contributed by atoms with E-state index in [2.05, 4.69) is 49.2 Å². The Labute approximate surface area is 194 Å². The number of para-hydroxylation sites is 2. The van der Waals surface area contributed by atoms with Crippen molar-refractivity contribution in [3.05, 3.63) is 58.9 Å². The van der Waals surface area contributed by atoms with Gasteiger partial charge in [-0.1, -0.05) is 66.7 Å². The van der Waals surface area contributed by atoms with Gasteiger partial charge in [-0.05, 0) is 38.8 Å². The third-order valence-electron chi connectivity index (χ3n) is 4.99. The Hall–Kier alpha value is -2.76. The molecule has 0 atom stereocenters. The molecule has 0 spiro atoms. The smallest absolute Gasteiger partial charge is 0.326 e. The lowest BCUT2D eigenvalue weighted by atomic mass is 10.0. The molecule has 1 aliphatic rings. The number of nitrogens with two attached hydrogens (primary N) is 1. The predicted octanol–water partition coefficient (Wildman–Crippen LogP) is 6.23. The fourth-order valence-corrected chi connectivity index (χ4v) is 3.53. The fraction of sp³-hybridized carbons (Fsp3) is 0.538. The fourth-order valence-electron chi connectivity index (χ4n) is 3.53. The molecule has 2 heterocycles. The van der Waals surface area contributed by atoms with Crippen molar-refractivity contribution in [3.8, 4) is 0 Å². The molecule has 0 unspecified atom stereocenters. The van der Waals surface area contributed by atoms with Crippen molar-refractivity contribution < 1.29 is 0 Å². The first-order valence-corrected chi connectivity index (χ1v) is 11.4. The van der Waals surface area contributed by atoms with E-state index in [1.165, 1.54) is 19.0 Å². The molecule has 0 saturated carbocycles. The quantitative estimate of drug-likeness (QED) is 0.550. The Morgan fingerprint density at radius 1 is 1.16 bits per heavy atom. The zero-order valence-electron chi connectivity index (χ0n) is 20.2. The molecule has 32 heavy (non-hydrogen) atoms. The number of nitrogens with zero attached hydrogens (tertiary/aromatic N) is 3. The van der Waals surface area contributed by atoms with Gasteiger partial charge in [-0.25, -0.2) is 4.79 Å². The van der Waals surface area contributed by atoms with E-state index < -0.39 is 0 Å². The van der Waals surface area contributed by atoms with Gasteiger partial charge < -0.3 is 15.6 Å². The maximum atomic E-state index is 12.4. The molecule has 1 aliphatic heterocycles. The lowest BCUT2D eigenvalue weighted by Crippen LogP contribution is -2.37. The van der Waals surface area contributed by atoms with Gasteiger partial charge in [0.25, 0.3) is 0 Å². The van der Waals surface area contributed by atoms with Crippen LogP contribution in [0.15, 0.2) is 58.2 Å². The van der Waals surface area contributed by atoms with E-state index in [1.54, 1.807) is 0 Å². The molecule has 0 bridgehead atoms. The molecule has 6 nitrogen and oxygen atoms in total. The standard InChI is InChI=1S/C19H25N5O.2C3H8.CH4/c1-4-21-13(2)18(20)14(3)23-11-9-15(10-12-23)24-17-8-6-5-7-16(17)22-19(24)25;2*1-3-2;/h4-8,15H,1,9-12,20H2,2-3H3,(H,22,25);2*3H2,1-2H3;1H4/b18-14-,21-13?;;;. The zero-order chi connectivity index (χ0) is 23.4. The van der Waals surface area contributed by atoms with Crippen LogP contribution in [0.25, 0.3) is 11.0 Å².